The molecule has 2 aliphatic rings. The van der Waals surface area contributed by atoms with Crippen LogP contribution in [0.4, 0.5) is 10.1 Å². The van der Waals surface area contributed by atoms with Gasteiger partial charge in [0, 0.05) is 25.7 Å². The van der Waals surface area contributed by atoms with Crippen molar-refractivity contribution in [1.82, 2.24) is 4.90 Å². The van der Waals surface area contributed by atoms with Gasteiger partial charge in [0.25, 0.3) is 0 Å². The second-order valence-corrected chi connectivity index (χ2v) is 6.12. The van der Waals surface area contributed by atoms with Crippen LogP contribution in [0.2, 0.25) is 0 Å². The molecule has 0 aromatic heterocycles. The summed E-state index contributed by atoms with van der Waals surface area (Å²) in [7, 11) is 0. The maximum Gasteiger partial charge on any atom is 0.304 e. The lowest BCUT2D eigenvalue weighted by atomic mass is 10.1. The number of nitro benzene ring substituents is 1. The topological polar surface area (TPSA) is 46.4 Å². The zero-order chi connectivity index (χ0) is 14.1. The molecule has 1 aromatic carbocycles. The number of halogens is 1. The minimum atomic E-state index is -0.731. The highest BCUT2D eigenvalue weighted by Crippen LogP contribution is 2.34. The van der Waals surface area contributed by atoms with Crippen molar-refractivity contribution in [2.24, 2.45) is 11.8 Å². The third kappa shape index (κ3) is 3.54. The molecule has 0 bridgehead atoms. The zero-order valence-electron chi connectivity index (χ0n) is 11.4. The Kier molecular flexibility index (Phi) is 3.70. The van der Waals surface area contributed by atoms with Crippen molar-refractivity contribution < 1.29 is 9.31 Å². The van der Waals surface area contributed by atoms with E-state index in [4.69, 9.17) is 0 Å². The van der Waals surface area contributed by atoms with Crippen molar-refractivity contribution in [1.29, 1.82) is 0 Å². The van der Waals surface area contributed by atoms with Crippen LogP contribution in [-0.2, 0) is 6.54 Å². The highest BCUT2D eigenvalue weighted by atomic mass is 19.1. The summed E-state index contributed by atoms with van der Waals surface area (Å²) >= 11 is 0. The van der Waals surface area contributed by atoms with Crippen LogP contribution in [0.1, 0.15) is 31.2 Å². The zero-order valence-corrected chi connectivity index (χ0v) is 11.4. The van der Waals surface area contributed by atoms with E-state index in [0.29, 0.717) is 6.54 Å². The SMILES string of the molecule is O=[N+]([O-])c1ccc(CN(CC2CC2)CC2CC2)cc1F. The van der Waals surface area contributed by atoms with Crippen molar-refractivity contribution in [2.75, 3.05) is 13.1 Å². The average Bonchev–Trinajstić information content (AvgIpc) is 3.24. The first kappa shape index (κ1) is 13.5. The second-order valence-electron chi connectivity index (χ2n) is 6.12. The van der Waals surface area contributed by atoms with Gasteiger partial charge in [-0.1, -0.05) is 6.07 Å². The van der Waals surface area contributed by atoms with Gasteiger partial charge in [-0.05, 0) is 49.1 Å². The number of rotatable bonds is 7. The van der Waals surface area contributed by atoms with E-state index in [2.05, 4.69) is 4.90 Å². The highest BCUT2D eigenvalue weighted by Gasteiger charge is 2.29. The maximum atomic E-state index is 13.6. The highest BCUT2D eigenvalue weighted by molar-refractivity contribution is 5.35. The Balaban J connectivity index is 1.66. The molecule has 2 aliphatic carbocycles. The Morgan fingerprint density at radius 3 is 2.25 bits per heavy atom. The number of hydrogen-bond acceptors (Lipinski definition) is 3. The summed E-state index contributed by atoms with van der Waals surface area (Å²) in [4.78, 5) is 12.3. The van der Waals surface area contributed by atoms with E-state index in [-0.39, 0.29) is 0 Å². The average molecular weight is 278 g/mol. The van der Waals surface area contributed by atoms with Crippen LogP contribution in [0.5, 0.6) is 0 Å². The number of nitro groups is 1. The van der Waals surface area contributed by atoms with Crippen molar-refractivity contribution in [3.8, 4) is 0 Å². The molecule has 0 unspecified atom stereocenters. The fraction of sp³-hybridized carbons (Fsp3) is 0.600. The van der Waals surface area contributed by atoms with Crippen LogP contribution in [0.3, 0.4) is 0 Å². The minimum Gasteiger partial charge on any atom is -0.299 e. The fourth-order valence-corrected chi connectivity index (χ4v) is 2.59. The summed E-state index contributed by atoms with van der Waals surface area (Å²) in [5.41, 5.74) is 0.388. The number of nitrogens with zero attached hydrogens (tertiary/aromatic N) is 2. The first-order chi connectivity index (χ1) is 9.61. The molecule has 0 radical (unpaired) electrons. The summed E-state index contributed by atoms with van der Waals surface area (Å²) in [6.07, 6.45) is 5.21. The van der Waals surface area contributed by atoms with Crippen LogP contribution < -0.4 is 0 Å². The van der Waals surface area contributed by atoms with Crippen molar-refractivity contribution in [3.05, 3.63) is 39.7 Å². The van der Waals surface area contributed by atoms with Crippen LogP contribution in [-0.4, -0.2) is 22.9 Å². The van der Waals surface area contributed by atoms with Gasteiger partial charge in [0.1, 0.15) is 0 Å². The van der Waals surface area contributed by atoms with Crippen molar-refractivity contribution in [3.63, 3.8) is 0 Å². The third-order valence-corrected chi connectivity index (χ3v) is 4.04. The molecule has 0 heterocycles. The Bertz CT molecular complexity index is 499. The van der Waals surface area contributed by atoms with E-state index in [0.717, 1.165) is 30.5 Å². The normalized spacial score (nSPS) is 18.5. The molecule has 0 amide bonds. The maximum absolute atomic E-state index is 13.6. The summed E-state index contributed by atoms with van der Waals surface area (Å²) in [5, 5.41) is 10.6. The lowest BCUT2D eigenvalue weighted by Crippen LogP contribution is -2.27. The Hall–Kier alpha value is -1.49. The first-order valence-corrected chi connectivity index (χ1v) is 7.27. The Labute approximate surface area is 117 Å². The molecular formula is C15H19FN2O2. The van der Waals surface area contributed by atoms with Crippen LogP contribution in [0.25, 0.3) is 0 Å². The summed E-state index contributed by atoms with van der Waals surface area (Å²) in [6, 6.07) is 4.26. The fourth-order valence-electron chi connectivity index (χ4n) is 2.59. The number of hydrogen-bond donors (Lipinski definition) is 0. The molecule has 0 spiro atoms. The standard InChI is InChI=1S/C15H19FN2O2/c16-14-7-13(5-6-15(14)18(19)20)10-17(8-11-1-2-11)9-12-3-4-12/h5-7,11-12H,1-4,8-10H2. The third-order valence-electron chi connectivity index (χ3n) is 4.04. The van der Waals surface area contributed by atoms with Crippen LogP contribution in [0, 0.1) is 27.8 Å². The molecule has 0 atom stereocenters. The molecular weight excluding hydrogens is 259 g/mol. The molecule has 0 aliphatic heterocycles. The molecule has 5 heteroatoms. The monoisotopic (exact) mass is 278 g/mol. The van der Waals surface area contributed by atoms with Crippen LogP contribution >= 0.6 is 0 Å². The summed E-state index contributed by atoms with van der Waals surface area (Å²) in [5.74, 6) is 0.874. The largest absolute Gasteiger partial charge is 0.304 e. The summed E-state index contributed by atoms with van der Waals surface area (Å²) < 4.78 is 13.6. The summed E-state index contributed by atoms with van der Waals surface area (Å²) in [6.45, 7) is 2.85. The predicted molar refractivity (Wildman–Crippen MR) is 73.8 cm³/mol. The second kappa shape index (κ2) is 5.48. The Morgan fingerprint density at radius 2 is 1.80 bits per heavy atom. The van der Waals surface area contributed by atoms with Gasteiger partial charge < -0.3 is 0 Å². The molecule has 0 saturated heterocycles. The molecule has 1 aromatic rings. The van der Waals surface area contributed by atoms with Gasteiger partial charge in [-0.15, -0.1) is 0 Å². The quantitative estimate of drug-likeness (QED) is 0.567. The van der Waals surface area contributed by atoms with E-state index < -0.39 is 16.4 Å². The molecule has 3 rings (SSSR count). The van der Waals surface area contributed by atoms with E-state index in [1.54, 1.807) is 6.07 Å². The lowest BCUT2D eigenvalue weighted by molar-refractivity contribution is -0.387. The van der Waals surface area contributed by atoms with E-state index in [9.17, 15) is 14.5 Å². The molecule has 4 nitrogen and oxygen atoms in total. The Morgan fingerprint density at radius 1 is 1.20 bits per heavy atom. The van der Waals surface area contributed by atoms with Gasteiger partial charge in [0.05, 0.1) is 4.92 Å². The molecule has 2 fully saturated rings. The van der Waals surface area contributed by atoms with Crippen molar-refractivity contribution >= 4 is 5.69 Å². The lowest BCUT2D eigenvalue weighted by Gasteiger charge is -2.22. The molecule has 2 saturated carbocycles. The van der Waals surface area contributed by atoms with Crippen LogP contribution in [0.15, 0.2) is 18.2 Å². The van der Waals surface area contributed by atoms with Gasteiger partial charge in [-0.25, -0.2) is 0 Å². The molecule has 0 N–H and O–H groups in total. The van der Waals surface area contributed by atoms with Gasteiger partial charge >= 0.3 is 5.69 Å². The number of benzene rings is 1. The predicted octanol–water partition coefficient (Wildman–Crippen LogP) is 3.36. The minimum absolute atomic E-state index is 0.440. The molecule has 20 heavy (non-hydrogen) atoms. The van der Waals surface area contributed by atoms with E-state index in [1.165, 1.54) is 37.8 Å². The molecule has 108 valence electrons. The van der Waals surface area contributed by atoms with Crippen molar-refractivity contribution in [2.45, 2.75) is 32.2 Å². The van der Waals surface area contributed by atoms with Gasteiger partial charge in [-0.3, -0.25) is 15.0 Å². The van der Waals surface area contributed by atoms with Gasteiger partial charge in [0.15, 0.2) is 0 Å². The van der Waals surface area contributed by atoms with E-state index >= 15 is 0 Å². The van der Waals surface area contributed by atoms with E-state index in [1.807, 2.05) is 0 Å². The van der Waals surface area contributed by atoms with Gasteiger partial charge in [0.2, 0.25) is 5.82 Å². The first-order valence-electron chi connectivity index (χ1n) is 7.27. The smallest absolute Gasteiger partial charge is 0.299 e. The van der Waals surface area contributed by atoms with Gasteiger partial charge in [-0.2, -0.15) is 4.39 Å².